The van der Waals surface area contributed by atoms with Crippen molar-refractivity contribution >= 4 is 27.5 Å². The lowest BCUT2D eigenvalue weighted by molar-refractivity contribution is 0.102. The quantitative estimate of drug-likeness (QED) is 0.478. The van der Waals surface area contributed by atoms with Crippen molar-refractivity contribution in [3.05, 3.63) is 94.7 Å². The molecule has 3 aromatic carbocycles. The molecule has 4 aromatic rings. The number of hydrogen-bond acceptors (Lipinski definition) is 3. The standard InChI is InChI=1S/C22H17BrN4O/c1-15-21(25-26-27(15)18-11-7-10-17(23)14-18)22(28)24-20-13-6-5-12-19(20)16-8-3-2-4-9-16/h2-14H,1H3,(H,24,28). The molecule has 28 heavy (non-hydrogen) atoms. The smallest absolute Gasteiger partial charge is 0.278 e. The highest BCUT2D eigenvalue weighted by Crippen LogP contribution is 2.28. The molecule has 1 heterocycles. The van der Waals surface area contributed by atoms with E-state index in [0.29, 0.717) is 11.4 Å². The number of hydrogen-bond donors (Lipinski definition) is 1. The molecule has 0 aliphatic rings. The van der Waals surface area contributed by atoms with Crippen LogP contribution >= 0.6 is 15.9 Å². The van der Waals surface area contributed by atoms with Gasteiger partial charge in [0.25, 0.3) is 5.91 Å². The molecule has 0 aliphatic carbocycles. The summed E-state index contributed by atoms with van der Waals surface area (Å²) in [5.74, 6) is -0.290. The third-order valence-corrected chi connectivity index (χ3v) is 4.92. The van der Waals surface area contributed by atoms with Crippen LogP contribution in [0.2, 0.25) is 0 Å². The number of aromatic nitrogens is 3. The van der Waals surface area contributed by atoms with Crippen LogP contribution in [-0.4, -0.2) is 20.9 Å². The Labute approximate surface area is 171 Å². The first kappa shape index (κ1) is 18.1. The Kier molecular flexibility index (Phi) is 5.04. The van der Waals surface area contributed by atoms with Gasteiger partial charge in [-0.1, -0.05) is 75.7 Å². The van der Waals surface area contributed by atoms with Gasteiger partial charge in [-0.05, 0) is 36.8 Å². The maximum absolute atomic E-state index is 12.9. The molecule has 0 saturated heterocycles. The van der Waals surface area contributed by atoms with E-state index in [-0.39, 0.29) is 5.91 Å². The molecule has 0 saturated carbocycles. The molecule has 4 rings (SSSR count). The Bertz CT molecular complexity index is 1140. The van der Waals surface area contributed by atoms with Gasteiger partial charge in [-0.2, -0.15) is 0 Å². The first-order valence-electron chi connectivity index (χ1n) is 8.77. The zero-order valence-electron chi connectivity index (χ0n) is 15.1. The minimum absolute atomic E-state index is 0.290. The number of carbonyl (C=O) groups excluding carboxylic acids is 1. The van der Waals surface area contributed by atoms with Crippen LogP contribution < -0.4 is 5.32 Å². The second-order valence-corrected chi connectivity index (χ2v) is 7.20. The molecule has 138 valence electrons. The van der Waals surface area contributed by atoms with Gasteiger partial charge in [0.15, 0.2) is 5.69 Å². The number of para-hydroxylation sites is 1. The topological polar surface area (TPSA) is 59.8 Å². The van der Waals surface area contributed by atoms with Crippen molar-refractivity contribution in [2.45, 2.75) is 6.92 Å². The van der Waals surface area contributed by atoms with Gasteiger partial charge < -0.3 is 5.32 Å². The van der Waals surface area contributed by atoms with Gasteiger partial charge in [0.2, 0.25) is 0 Å². The van der Waals surface area contributed by atoms with E-state index in [1.165, 1.54) is 0 Å². The van der Waals surface area contributed by atoms with E-state index in [2.05, 4.69) is 31.6 Å². The van der Waals surface area contributed by atoms with E-state index in [1.807, 2.05) is 85.8 Å². The average Bonchev–Trinajstić information content (AvgIpc) is 3.10. The van der Waals surface area contributed by atoms with E-state index < -0.39 is 0 Å². The predicted octanol–water partition coefficient (Wildman–Crippen LogP) is 5.26. The van der Waals surface area contributed by atoms with Crippen LogP contribution in [0.1, 0.15) is 16.2 Å². The van der Waals surface area contributed by atoms with Crippen LogP contribution in [0.4, 0.5) is 5.69 Å². The van der Waals surface area contributed by atoms with E-state index in [9.17, 15) is 4.79 Å². The first-order chi connectivity index (χ1) is 13.6. The summed E-state index contributed by atoms with van der Waals surface area (Å²) in [6, 6.07) is 25.3. The molecule has 5 nitrogen and oxygen atoms in total. The van der Waals surface area contributed by atoms with Crippen molar-refractivity contribution < 1.29 is 4.79 Å². The van der Waals surface area contributed by atoms with Crippen molar-refractivity contribution in [1.82, 2.24) is 15.0 Å². The number of amides is 1. The summed E-state index contributed by atoms with van der Waals surface area (Å²) in [7, 11) is 0. The van der Waals surface area contributed by atoms with Crippen molar-refractivity contribution in [2.24, 2.45) is 0 Å². The lowest BCUT2D eigenvalue weighted by Crippen LogP contribution is -2.14. The third-order valence-electron chi connectivity index (χ3n) is 4.42. The third kappa shape index (κ3) is 3.59. The Morgan fingerprint density at radius 3 is 2.50 bits per heavy atom. The Balaban J connectivity index is 1.64. The van der Waals surface area contributed by atoms with Crippen LogP contribution in [0.25, 0.3) is 16.8 Å². The van der Waals surface area contributed by atoms with E-state index in [0.717, 1.165) is 27.0 Å². The largest absolute Gasteiger partial charge is 0.320 e. The van der Waals surface area contributed by atoms with Gasteiger partial charge in [-0.3, -0.25) is 4.79 Å². The van der Waals surface area contributed by atoms with E-state index >= 15 is 0 Å². The van der Waals surface area contributed by atoms with Gasteiger partial charge in [0.05, 0.1) is 11.4 Å². The normalized spacial score (nSPS) is 10.6. The van der Waals surface area contributed by atoms with Gasteiger partial charge >= 0.3 is 0 Å². The molecule has 6 heteroatoms. The Hall–Kier alpha value is -3.25. The number of nitrogens with one attached hydrogen (secondary N) is 1. The fourth-order valence-electron chi connectivity index (χ4n) is 3.04. The maximum atomic E-state index is 12.9. The fourth-order valence-corrected chi connectivity index (χ4v) is 3.42. The van der Waals surface area contributed by atoms with Crippen LogP contribution in [0.5, 0.6) is 0 Å². The van der Waals surface area contributed by atoms with Crippen molar-refractivity contribution in [2.75, 3.05) is 5.32 Å². The summed E-state index contributed by atoms with van der Waals surface area (Å²) in [4.78, 5) is 12.9. The van der Waals surface area contributed by atoms with Gasteiger partial charge in [0, 0.05) is 15.7 Å². The summed E-state index contributed by atoms with van der Waals surface area (Å²) < 4.78 is 2.59. The molecule has 0 radical (unpaired) electrons. The molecule has 1 N–H and O–H groups in total. The fraction of sp³-hybridized carbons (Fsp3) is 0.0455. The van der Waals surface area contributed by atoms with Crippen LogP contribution in [-0.2, 0) is 0 Å². The van der Waals surface area contributed by atoms with Crippen molar-refractivity contribution in [3.63, 3.8) is 0 Å². The number of benzene rings is 3. The summed E-state index contributed by atoms with van der Waals surface area (Å²) in [5, 5.41) is 11.2. The molecule has 0 bridgehead atoms. The van der Waals surface area contributed by atoms with E-state index in [4.69, 9.17) is 0 Å². The summed E-state index contributed by atoms with van der Waals surface area (Å²) >= 11 is 3.45. The zero-order valence-corrected chi connectivity index (χ0v) is 16.7. The molecule has 0 fully saturated rings. The molecule has 0 atom stereocenters. The molecule has 0 unspecified atom stereocenters. The van der Waals surface area contributed by atoms with Crippen LogP contribution in [0.3, 0.4) is 0 Å². The molecular formula is C22H17BrN4O. The second kappa shape index (κ2) is 7.78. The van der Waals surface area contributed by atoms with Crippen LogP contribution in [0, 0.1) is 6.92 Å². The number of halogens is 1. The highest BCUT2D eigenvalue weighted by Gasteiger charge is 2.18. The van der Waals surface area contributed by atoms with E-state index in [1.54, 1.807) is 4.68 Å². The van der Waals surface area contributed by atoms with Gasteiger partial charge in [-0.25, -0.2) is 4.68 Å². The highest BCUT2D eigenvalue weighted by atomic mass is 79.9. The van der Waals surface area contributed by atoms with Crippen molar-refractivity contribution in [3.8, 4) is 16.8 Å². The minimum atomic E-state index is -0.290. The van der Waals surface area contributed by atoms with Crippen molar-refractivity contribution in [1.29, 1.82) is 0 Å². The van der Waals surface area contributed by atoms with Crippen LogP contribution in [0.15, 0.2) is 83.3 Å². The second-order valence-electron chi connectivity index (χ2n) is 6.28. The SMILES string of the molecule is Cc1c(C(=O)Nc2ccccc2-c2ccccc2)nnn1-c1cccc(Br)c1. The lowest BCUT2D eigenvalue weighted by Gasteiger charge is -2.11. The number of anilines is 1. The molecule has 1 aromatic heterocycles. The number of nitrogens with zero attached hydrogens (tertiary/aromatic N) is 3. The Morgan fingerprint density at radius 1 is 0.964 bits per heavy atom. The van der Waals surface area contributed by atoms with Gasteiger partial charge in [0.1, 0.15) is 0 Å². The Morgan fingerprint density at radius 2 is 1.71 bits per heavy atom. The predicted molar refractivity (Wildman–Crippen MR) is 114 cm³/mol. The molecular weight excluding hydrogens is 416 g/mol. The minimum Gasteiger partial charge on any atom is -0.320 e. The molecule has 1 amide bonds. The zero-order chi connectivity index (χ0) is 19.5. The van der Waals surface area contributed by atoms with Gasteiger partial charge in [-0.15, -0.1) is 5.10 Å². The summed E-state index contributed by atoms with van der Waals surface area (Å²) in [6.45, 7) is 1.83. The number of carbonyl (C=O) groups is 1. The lowest BCUT2D eigenvalue weighted by atomic mass is 10.0. The molecule has 0 aliphatic heterocycles. The average molecular weight is 433 g/mol. The number of rotatable bonds is 4. The highest BCUT2D eigenvalue weighted by molar-refractivity contribution is 9.10. The summed E-state index contributed by atoms with van der Waals surface area (Å²) in [6.07, 6.45) is 0. The monoisotopic (exact) mass is 432 g/mol. The summed E-state index contributed by atoms with van der Waals surface area (Å²) in [5.41, 5.74) is 4.52. The maximum Gasteiger partial charge on any atom is 0.278 e. The molecule has 0 spiro atoms. The first-order valence-corrected chi connectivity index (χ1v) is 9.57.